The summed E-state index contributed by atoms with van der Waals surface area (Å²) in [6, 6.07) is 9.67. The van der Waals surface area contributed by atoms with E-state index in [2.05, 4.69) is 15.5 Å². The maximum atomic E-state index is 11.7. The zero-order valence-corrected chi connectivity index (χ0v) is 13.5. The number of aromatic nitrogens is 2. The van der Waals surface area contributed by atoms with Gasteiger partial charge in [0.25, 0.3) is 5.89 Å². The lowest BCUT2D eigenvalue weighted by Gasteiger charge is -2.03. The van der Waals surface area contributed by atoms with Gasteiger partial charge in [0, 0.05) is 12.7 Å². The van der Waals surface area contributed by atoms with Crippen LogP contribution < -0.4 is 5.32 Å². The van der Waals surface area contributed by atoms with Gasteiger partial charge in [0.05, 0.1) is 5.69 Å². The Kier molecular flexibility index (Phi) is 4.50. The lowest BCUT2D eigenvalue weighted by atomic mass is 10.1. The first-order valence-electron chi connectivity index (χ1n) is 6.95. The molecule has 6 nitrogen and oxygen atoms in total. The molecule has 0 radical (unpaired) electrons. The predicted molar refractivity (Wildman–Crippen MR) is 88.3 cm³/mol. The molecule has 0 saturated heterocycles. The summed E-state index contributed by atoms with van der Waals surface area (Å²) in [5.74, 6) is 0.668. The third-order valence-corrected chi connectivity index (χ3v) is 4.01. The molecule has 0 unspecified atom stereocenters. The van der Waals surface area contributed by atoms with Crippen LogP contribution in [0.4, 0.5) is 5.69 Å². The summed E-state index contributed by atoms with van der Waals surface area (Å²) in [4.78, 5) is 16.8. The fraction of sp³-hybridized carbons (Fsp3) is 0.188. The highest BCUT2D eigenvalue weighted by molar-refractivity contribution is 7.14. The van der Waals surface area contributed by atoms with E-state index in [9.17, 15) is 4.79 Å². The Labute approximate surface area is 137 Å². The first-order valence-corrected chi connectivity index (χ1v) is 7.82. The number of amides is 1. The second-order valence-corrected chi connectivity index (χ2v) is 5.85. The van der Waals surface area contributed by atoms with Gasteiger partial charge in [-0.15, -0.1) is 11.3 Å². The summed E-state index contributed by atoms with van der Waals surface area (Å²) in [5.41, 5.74) is 2.65. The van der Waals surface area contributed by atoms with E-state index in [0.29, 0.717) is 17.4 Å². The number of hydrogen-bond acceptors (Lipinski definition) is 6. The quantitative estimate of drug-likeness (QED) is 0.776. The van der Waals surface area contributed by atoms with Crippen LogP contribution in [0.2, 0.25) is 0 Å². The molecule has 0 aliphatic heterocycles. The van der Waals surface area contributed by atoms with Gasteiger partial charge >= 0.3 is 0 Å². The van der Waals surface area contributed by atoms with E-state index < -0.39 is 0 Å². The third kappa shape index (κ3) is 3.46. The van der Waals surface area contributed by atoms with E-state index in [1.165, 1.54) is 18.4 Å². The average molecular weight is 329 g/mol. The Hall–Kier alpha value is -2.51. The zero-order chi connectivity index (χ0) is 16.2. The maximum Gasteiger partial charge on any atom is 0.270 e. The Morgan fingerprint density at radius 1 is 1.39 bits per heavy atom. The molecule has 1 aromatic carbocycles. The molecule has 0 fully saturated rings. The van der Waals surface area contributed by atoms with E-state index in [0.717, 1.165) is 16.0 Å². The minimum absolute atomic E-state index is 0.00629. The third-order valence-electron chi connectivity index (χ3n) is 3.11. The first-order chi connectivity index (χ1) is 11.2. The van der Waals surface area contributed by atoms with E-state index in [4.69, 9.17) is 9.26 Å². The van der Waals surface area contributed by atoms with Crippen LogP contribution in [-0.4, -0.2) is 29.8 Å². The Balaban J connectivity index is 1.87. The summed E-state index contributed by atoms with van der Waals surface area (Å²) in [6.07, 6.45) is 0. The van der Waals surface area contributed by atoms with Crippen molar-refractivity contribution in [2.24, 2.45) is 0 Å². The number of ether oxygens (including phenoxy) is 1. The molecule has 1 amide bonds. The van der Waals surface area contributed by atoms with Gasteiger partial charge in [-0.3, -0.25) is 4.79 Å². The Morgan fingerprint density at radius 3 is 3.04 bits per heavy atom. The molecule has 0 aliphatic rings. The molecule has 0 saturated carbocycles. The molecule has 2 heterocycles. The molecule has 0 bridgehead atoms. The van der Waals surface area contributed by atoms with Crippen molar-refractivity contribution in [1.82, 2.24) is 10.1 Å². The highest BCUT2D eigenvalue weighted by Crippen LogP contribution is 2.33. The van der Waals surface area contributed by atoms with Gasteiger partial charge in [0.1, 0.15) is 11.5 Å². The van der Waals surface area contributed by atoms with Crippen LogP contribution in [0.25, 0.3) is 22.2 Å². The average Bonchev–Trinajstić information content (AvgIpc) is 3.16. The number of carbonyl (C=O) groups excluding carboxylic acids is 1. The van der Waals surface area contributed by atoms with Crippen molar-refractivity contribution in [3.05, 3.63) is 41.3 Å². The van der Waals surface area contributed by atoms with Gasteiger partial charge in [-0.2, -0.15) is 4.98 Å². The molecular formula is C16H15N3O3S. The number of nitrogens with one attached hydrogen (secondary N) is 1. The minimum atomic E-state index is -0.231. The van der Waals surface area contributed by atoms with Gasteiger partial charge in [0.15, 0.2) is 0 Å². The number of thiophene rings is 1. The number of carbonyl (C=O) groups is 1. The summed E-state index contributed by atoms with van der Waals surface area (Å²) < 4.78 is 10.2. The monoisotopic (exact) mass is 329 g/mol. The normalized spacial score (nSPS) is 10.7. The topological polar surface area (TPSA) is 77.2 Å². The maximum absolute atomic E-state index is 11.7. The highest BCUT2D eigenvalue weighted by atomic mass is 32.1. The van der Waals surface area contributed by atoms with Crippen molar-refractivity contribution in [2.75, 3.05) is 19.0 Å². The van der Waals surface area contributed by atoms with Crippen molar-refractivity contribution in [3.8, 4) is 22.2 Å². The largest absolute Gasteiger partial charge is 0.375 e. The summed E-state index contributed by atoms with van der Waals surface area (Å²) in [6.45, 7) is 2.00. The summed E-state index contributed by atoms with van der Waals surface area (Å²) in [7, 11) is 1.47. The number of aryl methyl sites for hydroxylation is 1. The van der Waals surface area contributed by atoms with Gasteiger partial charge < -0.3 is 14.6 Å². The van der Waals surface area contributed by atoms with Gasteiger partial charge in [0.2, 0.25) is 11.7 Å². The number of anilines is 1. The lowest BCUT2D eigenvalue weighted by Crippen LogP contribution is -2.17. The van der Waals surface area contributed by atoms with Crippen LogP contribution in [0.3, 0.4) is 0 Å². The van der Waals surface area contributed by atoms with Crippen molar-refractivity contribution >= 4 is 22.9 Å². The van der Waals surface area contributed by atoms with E-state index >= 15 is 0 Å². The first kappa shape index (κ1) is 15.4. The van der Waals surface area contributed by atoms with Crippen molar-refractivity contribution in [1.29, 1.82) is 0 Å². The molecule has 7 heteroatoms. The van der Waals surface area contributed by atoms with Crippen molar-refractivity contribution < 1.29 is 14.1 Å². The molecule has 23 heavy (non-hydrogen) atoms. The van der Waals surface area contributed by atoms with E-state index in [-0.39, 0.29) is 12.5 Å². The van der Waals surface area contributed by atoms with Gasteiger partial charge in [-0.1, -0.05) is 28.9 Å². The van der Waals surface area contributed by atoms with Crippen molar-refractivity contribution in [2.45, 2.75) is 6.92 Å². The zero-order valence-electron chi connectivity index (χ0n) is 12.7. The fourth-order valence-corrected chi connectivity index (χ4v) is 2.88. The molecule has 118 valence electrons. The molecule has 3 rings (SSSR count). The molecule has 1 N–H and O–H groups in total. The standard InChI is InChI=1S/C16H15N3O3S/c1-10-4-3-5-11(8-10)15-18-16(22-19-15)14-12(6-7-23-14)17-13(20)9-21-2/h3-8H,9H2,1-2H3,(H,17,20). The highest BCUT2D eigenvalue weighted by Gasteiger charge is 2.17. The summed E-state index contributed by atoms with van der Waals surface area (Å²) in [5, 5.41) is 8.65. The van der Waals surface area contributed by atoms with Gasteiger partial charge in [-0.05, 0) is 24.4 Å². The smallest absolute Gasteiger partial charge is 0.270 e. The number of hydrogen-bond donors (Lipinski definition) is 1. The fourth-order valence-electron chi connectivity index (χ4n) is 2.11. The van der Waals surface area contributed by atoms with E-state index in [1.807, 2.05) is 36.6 Å². The van der Waals surface area contributed by atoms with Crippen molar-refractivity contribution in [3.63, 3.8) is 0 Å². The Morgan fingerprint density at radius 2 is 2.26 bits per heavy atom. The van der Waals surface area contributed by atoms with Gasteiger partial charge in [-0.25, -0.2) is 0 Å². The number of rotatable bonds is 5. The van der Waals surface area contributed by atoms with Crippen LogP contribution in [0, 0.1) is 6.92 Å². The lowest BCUT2D eigenvalue weighted by molar-refractivity contribution is -0.119. The summed E-state index contributed by atoms with van der Waals surface area (Å²) >= 11 is 1.42. The van der Waals surface area contributed by atoms with Crippen LogP contribution in [0.5, 0.6) is 0 Å². The molecule has 0 aliphatic carbocycles. The number of methoxy groups -OCH3 is 1. The predicted octanol–water partition coefficient (Wildman–Crippen LogP) is 3.36. The molecule has 3 aromatic rings. The van der Waals surface area contributed by atoms with Crippen LogP contribution >= 0.6 is 11.3 Å². The van der Waals surface area contributed by atoms with Crippen LogP contribution in [0.1, 0.15) is 5.56 Å². The second kappa shape index (κ2) is 6.72. The van der Waals surface area contributed by atoms with Crippen LogP contribution in [-0.2, 0) is 9.53 Å². The van der Waals surface area contributed by atoms with Crippen LogP contribution in [0.15, 0.2) is 40.2 Å². The molecular weight excluding hydrogens is 314 g/mol. The molecule has 0 atom stereocenters. The SMILES string of the molecule is COCC(=O)Nc1ccsc1-c1nc(-c2cccc(C)c2)no1. The minimum Gasteiger partial charge on any atom is -0.375 e. The number of nitrogens with zero attached hydrogens (tertiary/aromatic N) is 2. The Bertz CT molecular complexity index is 825. The molecule has 2 aromatic heterocycles. The molecule has 0 spiro atoms. The second-order valence-electron chi connectivity index (χ2n) is 4.94. The number of benzene rings is 1. The van der Waals surface area contributed by atoms with E-state index in [1.54, 1.807) is 6.07 Å².